The molecule has 0 saturated carbocycles. The van der Waals surface area contributed by atoms with Gasteiger partial charge in [0.1, 0.15) is 5.78 Å². The lowest BCUT2D eigenvalue weighted by Gasteiger charge is -2.06. The van der Waals surface area contributed by atoms with Crippen molar-refractivity contribution in [3.05, 3.63) is 0 Å². The first kappa shape index (κ1) is 12.1. The zero-order valence-corrected chi connectivity index (χ0v) is 8.38. The number of Topliss-reactive ketones (excluding diaryl/α,β-unsaturated/α-hetero) is 1. The molecular formula is C10H18O3. The summed E-state index contributed by atoms with van der Waals surface area (Å²) in [7, 11) is 0. The predicted octanol–water partition coefficient (Wildman–Crippen LogP) is 2.25. The lowest BCUT2D eigenvalue weighted by atomic mass is 9.98. The first-order valence-corrected chi connectivity index (χ1v) is 4.82. The Morgan fingerprint density at radius 1 is 1.31 bits per heavy atom. The van der Waals surface area contributed by atoms with Crippen LogP contribution in [-0.4, -0.2) is 16.9 Å². The van der Waals surface area contributed by atoms with Crippen molar-refractivity contribution in [2.45, 2.75) is 46.0 Å². The smallest absolute Gasteiger partial charge is 0.304 e. The highest BCUT2D eigenvalue weighted by atomic mass is 16.4. The van der Waals surface area contributed by atoms with Crippen LogP contribution in [-0.2, 0) is 9.59 Å². The molecule has 0 rings (SSSR count). The molecule has 76 valence electrons. The molecule has 0 heterocycles. The fourth-order valence-electron chi connectivity index (χ4n) is 1.17. The average Bonchev–Trinajstić information content (AvgIpc) is 2.03. The molecule has 0 radical (unpaired) electrons. The van der Waals surface area contributed by atoms with Gasteiger partial charge in [0.05, 0.1) is 6.42 Å². The Labute approximate surface area is 79.1 Å². The van der Waals surface area contributed by atoms with E-state index in [9.17, 15) is 9.59 Å². The summed E-state index contributed by atoms with van der Waals surface area (Å²) in [5.74, 6) is -1.14. The minimum Gasteiger partial charge on any atom is -0.481 e. The van der Waals surface area contributed by atoms with Crippen LogP contribution in [0.5, 0.6) is 0 Å². The summed E-state index contributed by atoms with van der Waals surface area (Å²) in [5, 5.41) is 8.45. The molecule has 0 saturated heterocycles. The summed E-state index contributed by atoms with van der Waals surface area (Å²) < 4.78 is 0. The van der Waals surface area contributed by atoms with Crippen LogP contribution >= 0.6 is 0 Å². The molecule has 1 atom stereocenters. The van der Waals surface area contributed by atoms with E-state index >= 15 is 0 Å². The molecule has 0 fully saturated rings. The van der Waals surface area contributed by atoms with E-state index in [0.29, 0.717) is 6.42 Å². The normalized spacial score (nSPS) is 12.5. The average molecular weight is 186 g/mol. The maximum Gasteiger partial charge on any atom is 0.304 e. The van der Waals surface area contributed by atoms with Crippen molar-refractivity contribution < 1.29 is 14.7 Å². The number of ketones is 1. The number of carboxylic acids is 1. The van der Waals surface area contributed by atoms with E-state index in [1.54, 1.807) is 6.92 Å². The Balaban J connectivity index is 3.63. The number of hydrogen-bond donors (Lipinski definition) is 1. The molecule has 0 aliphatic heterocycles. The van der Waals surface area contributed by atoms with Gasteiger partial charge in [0.15, 0.2) is 0 Å². The predicted molar refractivity (Wildman–Crippen MR) is 50.6 cm³/mol. The molecular weight excluding hydrogens is 168 g/mol. The number of carbonyl (C=O) groups is 2. The number of unbranched alkanes of at least 4 members (excludes halogenated alkanes) is 2. The topological polar surface area (TPSA) is 54.4 Å². The van der Waals surface area contributed by atoms with Crippen molar-refractivity contribution >= 4 is 11.8 Å². The van der Waals surface area contributed by atoms with Gasteiger partial charge < -0.3 is 5.11 Å². The second-order valence-corrected chi connectivity index (χ2v) is 3.42. The van der Waals surface area contributed by atoms with E-state index in [0.717, 1.165) is 19.3 Å². The maximum absolute atomic E-state index is 11.3. The molecule has 0 amide bonds. The lowest BCUT2D eigenvalue weighted by Crippen LogP contribution is -2.14. The third kappa shape index (κ3) is 6.31. The summed E-state index contributed by atoms with van der Waals surface area (Å²) in [4.78, 5) is 21.6. The minimum absolute atomic E-state index is 0.0367. The molecule has 0 bridgehead atoms. The van der Waals surface area contributed by atoms with Crippen LogP contribution < -0.4 is 0 Å². The van der Waals surface area contributed by atoms with Gasteiger partial charge >= 0.3 is 5.97 Å². The first-order valence-electron chi connectivity index (χ1n) is 4.82. The molecule has 3 nitrogen and oxygen atoms in total. The second-order valence-electron chi connectivity index (χ2n) is 3.42. The van der Waals surface area contributed by atoms with Gasteiger partial charge in [-0.3, -0.25) is 9.59 Å². The Morgan fingerprint density at radius 2 is 1.92 bits per heavy atom. The number of rotatable bonds is 7. The summed E-state index contributed by atoms with van der Waals surface area (Å²) in [5.41, 5.74) is 0. The molecule has 0 aromatic heterocycles. The molecule has 0 aliphatic carbocycles. The summed E-state index contributed by atoms with van der Waals surface area (Å²) in [6.07, 6.45) is 3.51. The molecule has 1 unspecified atom stereocenters. The van der Waals surface area contributed by atoms with E-state index in [-0.39, 0.29) is 18.1 Å². The van der Waals surface area contributed by atoms with Crippen LogP contribution in [0.2, 0.25) is 0 Å². The van der Waals surface area contributed by atoms with Gasteiger partial charge in [0, 0.05) is 12.3 Å². The van der Waals surface area contributed by atoms with Crippen LogP contribution in [0.1, 0.15) is 46.0 Å². The lowest BCUT2D eigenvalue weighted by molar-refractivity contribution is -0.140. The van der Waals surface area contributed by atoms with E-state index < -0.39 is 5.97 Å². The van der Waals surface area contributed by atoms with Gasteiger partial charge in [-0.25, -0.2) is 0 Å². The molecule has 0 aromatic carbocycles. The molecule has 1 N–H and O–H groups in total. The van der Waals surface area contributed by atoms with Gasteiger partial charge in [0.2, 0.25) is 0 Å². The third-order valence-corrected chi connectivity index (χ3v) is 2.06. The van der Waals surface area contributed by atoms with Gasteiger partial charge in [-0.15, -0.1) is 0 Å². The van der Waals surface area contributed by atoms with Crippen LogP contribution in [0, 0.1) is 5.92 Å². The van der Waals surface area contributed by atoms with E-state index in [4.69, 9.17) is 5.11 Å². The number of hydrogen-bond acceptors (Lipinski definition) is 2. The second kappa shape index (κ2) is 6.63. The zero-order chi connectivity index (χ0) is 10.3. The fourth-order valence-corrected chi connectivity index (χ4v) is 1.17. The third-order valence-electron chi connectivity index (χ3n) is 2.06. The van der Waals surface area contributed by atoms with Crippen molar-refractivity contribution in [3.63, 3.8) is 0 Å². The molecule has 0 aromatic rings. The summed E-state index contributed by atoms with van der Waals surface area (Å²) in [6.45, 7) is 3.76. The quantitative estimate of drug-likeness (QED) is 0.620. The van der Waals surface area contributed by atoms with E-state index in [1.807, 2.05) is 0 Å². The molecule has 13 heavy (non-hydrogen) atoms. The first-order chi connectivity index (χ1) is 6.07. The molecule has 0 aliphatic rings. The largest absolute Gasteiger partial charge is 0.481 e. The highest BCUT2D eigenvalue weighted by molar-refractivity contribution is 5.84. The van der Waals surface area contributed by atoms with Gasteiger partial charge in [-0.1, -0.05) is 26.7 Å². The van der Waals surface area contributed by atoms with Crippen molar-refractivity contribution in [1.29, 1.82) is 0 Å². The number of aliphatic carboxylic acids is 1. The van der Waals surface area contributed by atoms with Crippen molar-refractivity contribution in [3.8, 4) is 0 Å². The van der Waals surface area contributed by atoms with Crippen LogP contribution in [0.4, 0.5) is 0 Å². The van der Waals surface area contributed by atoms with E-state index in [1.165, 1.54) is 0 Å². The minimum atomic E-state index is -0.892. The van der Waals surface area contributed by atoms with Crippen LogP contribution in [0.25, 0.3) is 0 Å². The molecule has 0 spiro atoms. The Morgan fingerprint density at radius 3 is 2.38 bits per heavy atom. The van der Waals surface area contributed by atoms with Gasteiger partial charge in [0.25, 0.3) is 0 Å². The zero-order valence-electron chi connectivity index (χ0n) is 8.38. The van der Waals surface area contributed by atoms with Crippen molar-refractivity contribution in [2.24, 2.45) is 5.92 Å². The van der Waals surface area contributed by atoms with Gasteiger partial charge in [-0.2, -0.15) is 0 Å². The highest BCUT2D eigenvalue weighted by Gasteiger charge is 2.15. The summed E-state index contributed by atoms with van der Waals surface area (Å²) >= 11 is 0. The van der Waals surface area contributed by atoms with Crippen molar-refractivity contribution in [2.75, 3.05) is 0 Å². The maximum atomic E-state index is 11.3. The van der Waals surface area contributed by atoms with Crippen LogP contribution in [0.3, 0.4) is 0 Å². The summed E-state index contributed by atoms with van der Waals surface area (Å²) in [6, 6.07) is 0. The fraction of sp³-hybridized carbons (Fsp3) is 0.800. The number of carbonyl (C=O) groups excluding carboxylic acids is 1. The van der Waals surface area contributed by atoms with Crippen molar-refractivity contribution in [1.82, 2.24) is 0 Å². The van der Waals surface area contributed by atoms with Crippen LogP contribution in [0.15, 0.2) is 0 Å². The SMILES string of the molecule is CCCCCC(=O)C(C)CC(=O)O. The standard InChI is InChI=1S/C10H18O3/c1-3-4-5-6-9(11)8(2)7-10(12)13/h8H,3-7H2,1-2H3,(H,12,13). The Kier molecular flexibility index (Phi) is 6.20. The Hall–Kier alpha value is -0.860. The monoisotopic (exact) mass is 186 g/mol. The van der Waals surface area contributed by atoms with Gasteiger partial charge in [-0.05, 0) is 6.42 Å². The number of carboxylic acid groups (broad SMARTS) is 1. The van der Waals surface area contributed by atoms with E-state index in [2.05, 4.69) is 6.92 Å². The Bertz CT molecular complexity index is 175. The highest BCUT2D eigenvalue weighted by Crippen LogP contribution is 2.09. The molecule has 3 heteroatoms.